The van der Waals surface area contributed by atoms with E-state index < -0.39 is 6.09 Å². The number of cyclic esters (lactones) is 1. The minimum absolute atomic E-state index is 0. The summed E-state index contributed by atoms with van der Waals surface area (Å²) in [7, 11) is 0. The van der Waals surface area contributed by atoms with Gasteiger partial charge in [0.2, 0.25) is 0 Å². The van der Waals surface area contributed by atoms with Crippen LogP contribution in [-0.2, 0) is 4.74 Å². The van der Waals surface area contributed by atoms with Gasteiger partial charge in [-0.05, 0) is 17.7 Å². The fourth-order valence-corrected chi connectivity index (χ4v) is 1.49. The van der Waals surface area contributed by atoms with E-state index in [2.05, 4.69) is 5.32 Å². The van der Waals surface area contributed by atoms with Gasteiger partial charge in [-0.3, -0.25) is 0 Å². The lowest BCUT2D eigenvalue weighted by atomic mass is 10.1. The smallest absolute Gasteiger partial charge is 0.407 e. The predicted molar refractivity (Wildman–Crippen MR) is 57.6 cm³/mol. The average molecular weight is 250 g/mol. The van der Waals surface area contributed by atoms with Gasteiger partial charge in [0.15, 0.2) is 0 Å². The van der Waals surface area contributed by atoms with Crippen molar-refractivity contribution in [2.75, 3.05) is 6.61 Å². The van der Waals surface area contributed by atoms with Gasteiger partial charge in [-0.2, -0.15) is 0 Å². The fraction of sp³-hybridized carbons (Fsp3) is 0.222. The normalized spacial score (nSPS) is 19.0. The molecule has 0 radical (unpaired) electrons. The highest BCUT2D eigenvalue weighted by Crippen LogP contribution is 2.27. The molecule has 2 rings (SSSR count). The van der Waals surface area contributed by atoms with Crippen molar-refractivity contribution < 1.29 is 14.6 Å². The van der Waals surface area contributed by atoms with Gasteiger partial charge >= 0.3 is 6.09 Å². The molecule has 1 aromatic rings. The molecular formula is C9H9Cl2NO3. The zero-order valence-electron chi connectivity index (χ0n) is 7.57. The summed E-state index contributed by atoms with van der Waals surface area (Å²) < 4.78 is 4.73. The highest BCUT2D eigenvalue weighted by Gasteiger charge is 2.23. The number of alkyl carbamates (subject to hydrolysis) is 1. The summed E-state index contributed by atoms with van der Waals surface area (Å²) in [5.41, 5.74) is 0.818. The molecular weight excluding hydrogens is 241 g/mol. The topological polar surface area (TPSA) is 58.6 Å². The molecule has 0 aliphatic carbocycles. The molecule has 0 bridgehead atoms. The first-order chi connectivity index (χ1) is 6.66. The van der Waals surface area contributed by atoms with Crippen LogP contribution in [0.1, 0.15) is 11.6 Å². The Hall–Kier alpha value is -1.13. The Morgan fingerprint density at radius 3 is 2.80 bits per heavy atom. The number of nitrogens with one attached hydrogen (secondary N) is 1. The number of hydrogen-bond acceptors (Lipinski definition) is 3. The number of hydrogen-bond donors (Lipinski definition) is 2. The first-order valence-corrected chi connectivity index (χ1v) is 4.46. The van der Waals surface area contributed by atoms with Crippen molar-refractivity contribution in [3.8, 4) is 5.75 Å². The van der Waals surface area contributed by atoms with Crippen LogP contribution >= 0.6 is 24.0 Å². The Morgan fingerprint density at radius 1 is 1.53 bits per heavy atom. The van der Waals surface area contributed by atoms with E-state index in [4.69, 9.17) is 16.3 Å². The van der Waals surface area contributed by atoms with E-state index in [0.29, 0.717) is 6.61 Å². The fourth-order valence-electron chi connectivity index (χ4n) is 1.30. The van der Waals surface area contributed by atoms with Gasteiger partial charge in [0.25, 0.3) is 0 Å². The first-order valence-electron chi connectivity index (χ1n) is 4.08. The number of rotatable bonds is 1. The number of phenols is 1. The lowest BCUT2D eigenvalue weighted by Gasteiger charge is -2.08. The molecule has 2 N–H and O–H groups in total. The van der Waals surface area contributed by atoms with Crippen LogP contribution in [0.3, 0.4) is 0 Å². The number of phenolic OH excluding ortho intramolecular Hbond substituents is 1. The molecule has 0 saturated carbocycles. The largest absolute Gasteiger partial charge is 0.506 e. The summed E-state index contributed by atoms with van der Waals surface area (Å²) in [5, 5.41) is 12.1. The van der Waals surface area contributed by atoms with Crippen molar-refractivity contribution in [2.45, 2.75) is 6.04 Å². The molecule has 1 amide bonds. The van der Waals surface area contributed by atoms with Crippen molar-refractivity contribution in [1.29, 1.82) is 0 Å². The average Bonchev–Trinajstić information content (AvgIpc) is 2.57. The summed E-state index contributed by atoms with van der Waals surface area (Å²) in [6.45, 7) is 0.292. The minimum Gasteiger partial charge on any atom is -0.506 e. The van der Waals surface area contributed by atoms with Crippen LogP contribution in [0, 0.1) is 0 Å². The van der Waals surface area contributed by atoms with E-state index in [0.717, 1.165) is 5.56 Å². The highest BCUT2D eigenvalue weighted by atomic mass is 35.5. The molecule has 82 valence electrons. The summed E-state index contributed by atoms with van der Waals surface area (Å²) >= 11 is 5.73. The van der Waals surface area contributed by atoms with Crippen LogP contribution in [0.4, 0.5) is 4.79 Å². The number of carbonyl (C=O) groups excluding carboxylic acids is 1. The van der Waals surface area contributed by atoms with Gasteiger partial charge in [-0.1, -0.05) is 17.7 Å². The quantitative estimate of drug-likeness (QED) is 0.803. The van der Waals surface area contributed by atoms with Crippen molar-refractivity contribution in [3.63, 3.8) is 0 Å². The molecule has 6 heteroatoms. The van der Waals surface area contributed by atoms with Gasteiger partial charge in [0.1, 0.15) is 12.4 Å². The van der Waals surface area contributed by atoms with E-state index in [1.165, 1.54) is 6.07 Å². The molecule has 1 saturated heterocycles. The molecule has 0 unspecified atom stereocenters. The number of ether oxygens (including phenoxy) is 1. The molecule has 0 aromatic heterocycles. The van der Waals surface area contributed by atoms with Gasteiger partial charge in [0.05, 0.1) is 11.1 Å². The number of aromatic hydroxyl groups is 1. The SMILES string of the molecule is Cl.O=C1N[C@H](c2ccc(O)c(Cl)c2)CO1. The van der Waals surface area contributed by atoms with Gasteiger partial charge in [-0.15, -0.1) is 12.4 Å². The van der Waals surface area contributed by atoms with Crippen LogP contribution in [0.5, 0.6) is 5.75 Å². The number of carbonyl (C=O) groups is 1. The standard InChI is InChI=1S/C9H8ClNO3.ClH/c10-6-3-5(1-2-8(6)12)7-4-14-9(13)11-7;/h1-3,7,12H,4H2,(H,11,13);1H/t7-;/m0./s1. The molecule has 1 aliphatic heterocycles. The number of benzene rings is 1. The molecule has 1 aromatic carbocycles. The maximum atomic E-state index is 10.8. The second kappa shape index (κ2) is 4.59. The third kappa shape index (κ3) is 2.46. The van der Waals surface area contributed by atoms with Crippen LogP contribution in [0.2, 0.25) is 5.02 Å². The van der Waals surface area contributed by atoms with Gasteiger partial charge in [-0.25, -0.2) is 4.79 Å². The lowest BCUT2D eigenvalue weighted by Crippen LogP contribution is -2.18. The molecule has 1 fully saturated rings. The van der Waals surface area contributed by atoms with Crippen molar-refractivity contribution in [3.05, 3.63) is 28.8 Å². The maximum absolute atomic E-state index is 10.8. The monoisotopic (exact) mass is 249 g/mol. The summed E-state index contributed by atoms with van der Waals surface area (Å²) in [6.07, 6.45) is -0.431. The van der Waals surface area contributed by atoms with Crippen molar-refractivity contribution in [1.82, 2.24) is 5.32 Å². The van der Waals surface area contributed by atoms with Crippen LogP contribution in [-0.4, -0.2) is 17.8 Å². The van der Waals surface area contributed by atoms with E-state index in [9.17, 15) is 9.90 Å². The Balaban J connectivity index is 0.00000112. The third-order valence-electron chi connectivity index (χ3n) is 2.05. The number of amides is 1. The first kappa shape index (κ1) is 11.9. The second-order valence-corrected chi connectivity index (χ2v) is 3.41. The molecule has 1 aliphatic rings. The second-order valence-electron chi connectivity index (χ2n) is 3.01. The third-order valence-corrected chi connectivity index (χ3v) is 2.35. The maximum Gasteiger partial charge on any atom is 0.407 e. The van der Waals surface area contributed by atoms with E-state index in [1.807, 2.05) is 0 Å². The summed E-state index contributed by atoms with van der Waals surface area (Å²) in [4.78, 5) is 10.8. The Morgan fingerprint density at radius 2 is 2.27 bits per heavy atom. The molecule has 4 nitrogen and oxygen atoms in total. The Bertz CT molecular complexity index is 384. The molecule has 1 heterocycles. The van der Waals surface area contributed by atoms with Crippen LogP contribution < -0.4 is 5.32 Å². The zero-order chi connectivity index (χ0) is 10.1. The van der Waals surface area contributed by atoms with Crippen molar-refractivity contribution in [2.24, 2.45) is 0 Å². The molecule has 1 atom stereocenters. The molecule has 15 heavy (non-hydrogen) atoms. The van der Waals surface area contributed by atoms with E-state index >= 15 is 0 Å². The minimum atomic E-state index is -0.431. The van der Waals surface area contributed by atoms with Crippen LogP contribution in [0.15, 0.2) is 18.2 Å². The van der Waals surface area contributed by atoms with E-state index in [-0.39, 0.29) is 29.2 Å². The Labute approximate surface area is 97.6 Å². The van der Waals surface area contributed by atoms with Crippen molar-refractivity contribution >= 4 is 30.1 Å². The summed E-state index contributed by atoms with van der Waals surface area (Å²) in [5.74, 6) is 0.0284. The predicted octanol–water partition coefficient (Wildman–Crippen LogP) is 2.25. The zero-order valence-corrected chi connectivity index (χ0v) is 9.14. The molecule has 0 spiro atoms. The van der Waals surface area contributed by atoms with Crippen LogP contribution in [0.25, 0.3) is 0 Å². The highest BCUT2D eigenvalue weighted by molar-refractivity contribution is 6.32. The Kier molecular flexibility index (Phi) is 3.66. The van der Waals surface area contributed by atoms with Gasteiger partial charge < -0.3 is 15.2 Å². The summed E-state index contributed by atoms with van der Waals surface area (Å²) in [6, 6.07) is 4.61. The lowest BCUT2D eigenvalue weighted by molar-refractivity contribution is 0.177. The number of halogens is 2. The van der Waals surface area contributed by atoms with Gasteiger partial charge in [0, 0.05) is 0 Å². The van der Waals surface area contributed by atoms with E-state index in [1.54, 1.807) is 12.1 Å².